The monoisotopic (exact) mass is 264 g/mol. The van der Waals surface area contributed by atoms with Crippen molar-refractivity contribution in [3.63, 3.8) is 0 Å². The van der Waals surface area contributed by atoms with Crippen molar-refractivity contribution in [2.24, 2.45) is 0 Å². The fourth-order valence-corrected chi connectivity index (χ4v) is 1.66. The highest BCUT2D eigenvalue weighted by Gasteiger charge is 2.31. The van der Waals surface area contributed by atoms with E-state index in [0.717, 1.165) is 17.8 Å². The predicted octanol–water partition coefficient (Wildman–Crippen LogP) is 3.77. The van der Waals surface area contributed by atoms with Crippen LogP contribution in [-0.4, -0.2) is 18.6 Å². The van der Waals surface area contributed by atoms with Gasteiger partial charge in [0.05, 0.1) is 10.6 Å². The van der Waals surface area contributed by atoms with Gasteiger partial charge in [0.1, 0.15) is 5.82 Å². The Hall–Kier alpha value is -1.23. The third kappa shape index (κ3) is 3.63. The average molecular weight is 265 g/mol. The van der Waals surface area contributed by atoms with Gasteiger partial charge in [-0.1, -0.05) is 23.8 Å². The van der Waals surface area contributed by atoms with Gasteiger partial charge in [0.25, 0.3) is 0 Å². The lowest BCUT2D eigenvalue weighted by Gasteiger charge is -2.20. The number of aromatic nitrogens is 1. The van der Waals surface area contributed by atoms with Gasteiger partial charge in [0.15, 0.2) is 0 Å². The van der Waals surface area contributed by atoms with Crippen LogP contribution in [0.3, 0.4) is 0 Å². The molecule has 1 aromatic heterocycles. The summed E-state index contributed by atoms with van der Waals surface area (Å²) in [5.41, 5.74) is 0.0141. The second kappa shape index (κ2) is 4.96. The molecule has 0 amide bonds. The predicted molar refractivity (Wildman–Crippen MR) is 62.3 cm³/mol. The average Bonchev–Trinajstić information content (AvgIpc) is 2.14. The fourth-order valence-electron chi connectivity index (χ4n) is 1.35. The Balaban J connectivity index is 3.02. The van der Waals surface area contributed by atoms with Crippen molar-refractivity contribution >= 4 is 17.4 Å². The molecular weight excluding hydrogens is 253 g/mol. The molecular formula is C11H12ClF3N2. The van der Waals surface area contributed by atoms with E-state index in [2.05, 4.69) is 11.6 Å². The number of hydrogen-bond acceptors (Lipinski definition) is 2. The number of pyridine rings is 1. The van der Waals surface area contributed by atoms with Crippen molar-refractivity contribution in [1.82, 2.24) is 4.98 Å². The number of likely N-dealkylation sites (N-methyl/N-ethyl adjacent to an activating group) is 1. The van der Waals surface area contributed by atoms with Crippen molar-refractivity contribution in [3.05, 3.63) is 35.0 Å². The normalized spacial score (nSPS) is 11.4. The summed E-state index contributed by atoms with van der Waals surface area (Å²) < 4.78 is 37.2. The molecule has 0 radical (unpaired) electrons. The smallest absolute Gasteiger partial charge is 0.354 e. The molecule has 0 saturated heterocycles. The number of halogens is 4. The lowest BCUT2D eigenvalue weighted by Crippen LogP contribution is -2.21. The van der Waals surface area contributed by atoms with E-state index >= 15 is 0 Å². The molecule has 0 saturated carbocycles. The molecule has 6 heteroatoms. The largest absolute Gasteiger partial charge is 0.417 e. The third-order valence-corrected chi connectivity index (χ3v) is 2.30. The lowest BCUT2D eigenvalue weighted by molar-refractivity contribution is -0.137. The number of alkyl halides is 3. The summed E-state index contributed by atoms with van der Waals surface area (Å²) >= 11 is 5.78. The van der Waals surface area contributed by atoms with Gasteiger partial charge in [-0.3, -0.25) is 0 Å². The van der Waals surface area contributed by atoms with E-state index in [1.807, 2.05) is 6.92 Å². The molecule has 2 nitrogen and oxygen atoms in total. The molecule has 0 aliphatic rings. The van der Waals surface area contributed by atoms with Crippen LogP contribution in [0.5, 0.6) is 0 Å². The molecule has 0 fully saturated rings. The number of hydrogen-bond donors (Lipinski definition) is 0. The van der Waals surface area contributed by atoms with Crippen LogP contribution < -0.4 is 4.90 Å². The summed E-state index contributed by atoms with van der Waals surface area (Å²) in [6.45, 7) is 6.01. The van der Waals surface area contributed by atoms with Gasteiger partial charge < -0.3 is 4.90 Å². The van der Waals surface area contributed by atoms with Crippen LogP contribution in [0.25, 0.3) is 0 Å². The van der Waals surface area contributed by atoms with Gasteiger partial charge in [-0.25, -0.2) is 4.98 Å². The molecule has 0 aliphatic carbocycles. The highest BCUT2D eigenvalue weighted by molar-refractivity contribution is 6.33. The zero-order chi connectivity index (χ0) is 13.2. The van der Waals surface area contributed by atoms with Crippen LogP contribution in [0.1, 0.15) is 12.5 Å². The first kappa shape index (κ1) is 13.8. The van der Waals surface area contributed by atoms with Crippen molar-refractivity contribution < 1.29 is 13.2 Å². The van der Waals surface area contributed by atoms with Crippen LogP contribution in [-0.2, 0) is 6.18 Å². The Bertz CT molecular complexity index is 429. The molecule has 1 heterocycles. The van der Waals surface area contributed by atoms with Crippen molar-refractivity contribution in [1.29, 1.82) is 0 Å². The third-order valence-electron chi connectivity index (χ3n) is 2.02. The number of rotatable bonds is 3. The molecule has 1 rings (SSSR count). The molecule has 0 N–H and O–H groups in total. The zero-order valence-electron chi connectivity index (χ0n) is 9.48. The van der Waals surface area contributed by atoms with E-state index in [1.54, 1.807) is 11.9 Å². The minimum Gasteiger partial charge on any atom is -0.354 e. The standard InChI is InChI=1S/C11H12ClF3N2/c1-7(2)6-17(3)10-9(12)4-8(5-16-10)11(13,14)15/h4-5H,1,6H2,2-3H3. The molecule has 17 heavy (non-hydrogen) atoms. The lowest BCUT2D eigenvalue weighted by atomic mass is 10.2. The van der Waals surface area contributed by atoms with E-state index in [4.69, 9.17) is 11.6 Å². The Morgan fingerprint density at radius 2 is 2.12 bits per heavy atom. The van der Waals surface area contributed by atoms with Gasteiger partial charge in [-0.2, -0.15) is 13.2 Å². The summed E-state index contributed by atoms with van der Waals surface area (Å²) in [4.78, 5) is 5.37. The minimum absolute atomic E-state index is 0.0245. The van der Waals surface area contributed by atoms with Crippen LogP contribution in [0.15, 0.2) is 24.4 Å². The van der Waals surface area contributed by atoms with Crippen LogP contribution in [0.2, 0.25) is 5.02 Å². The van der Waals surface area contributed by atoms with E-state index in [1.165, 1.54) is 0 Å². The highest BCUT2D eigenvalue weighted by atomic mass is 35.5. The Morgan fingerprint density at radius 3 is 2.53 bits per heavy atom. The summed E-state index contributed by atoms with van der Waals surface area (Å²) in [7, 11) is 1.69. The first-order valence-electron chi connectivity index (χ1n) is 4.80. The molecule has 94 valence electrons. The zero-order valence-corrected chi connectivity index (χ0v) is 10.2. The first-order valence-corrected chi connectivity index (χ1v) is 5.18. The highest BCUT2D eigenvalue weighted by Crippen LogP contribution is 2.33. The van der Waals surface area contributed by atoms with Crippen LogP contribution in [0.4, 0.5) is 19.0 Å². The maximum atomic E-state index is 12.4. The number of nitrogens with zero attached hydrogens (tertiary/aromatic N) is 2. The maximum Gasteiger partial charge on any atom is 0.417 e. The molecule has 0 atom stereocenters. The molecule has 0 spiro atoms. The van der Waals surface area contributed by atoms with Crippen LogP contribution in [0, 0.1) is 0 Å². The SMILES string of the molecule is C=C(C)CN(C)c1ncc(C(F)(F)F)cc1Cl. The van der Waals surface area contributed by atoms with E-state index in [9.17, 15) is 13.2 Å². The fraction of sp³-hybridized carbons (Fsp3) is 0.364. The van der Waals surface area contributed by atoms with Gasteiger partial charge in [-0.05, 0) is 13.0 Å². The molecule has 0 unspecified atom stereocenters. The number of anilines is 1. The quantitative estimate of drug-likeness (QED) is 0.773. The van der Waals surface area contributed by atoms with E-state index < -0.39 is 11.7 Å². The second-order valence-electron chi connectivity index (χ2n) is 3.84. The summed E-state index contributed by atoms with van der Waals surface area (Å²) in [6, 6.07) is 0.874. The summed E-state index contributed by atoms with van der Waals surface area (Å²) in [5.74, 6) is 0.308. The summed E-state index contributed by atoms with van der Waals surface area (Å²) in [5, 5.41) is -0.0245. The Kier molecular flexibility index (Phi) is 4.03. The van der Waals surface area contributed by atoms with Crippen LogP contribution >= 0.6 is 11.6 Å². The van der Waals surface area contributed by atoms with Gasteiger partial charge in [-0.15, -0.1) is 0 Å². The molecule has 0 bridgehead atoms. The molecule has 0 aliphatic heterocycles. The van der Waals surface area contributed by atoms with Crippen molar-refractivity contribution in [3.8, 4) is 0 Å². The summed E-state index contributed by atoms with van der Waals surface area (Å²) in [6.07, 6.45) is -3.65. The Morgan fingerprint density at radius 1 is 1.53 bits per heavy atom. The van der Waals surface area contributed by atoms with Crippen molar-refractivity contribution in [2.75, 3.05) is 18.5 Å². The minimum atomic E-state index is -4.43. The van der Waals surface area contributed by atoms with Crippen molar-refractivity contribution in [2.45, 2.75) is 13.1 Å². The van der Waals surface area contributed by atoms with E-state index in [-0.39, 0.29) is 5.02 Å². The molecule has 0 aromatic carbocycles. The maximum absolute atomic E-state index is 12.4. The Labute approximate surface area is 103 Å². The van der Waals surface area contributed by atoms with E-state index in [0.29, 0.717) is 12.4 Å². The van der Waals surface area contributed by atoms with Gasteiger partial charge in [0, 0.05) is 19.8 Å². The second-order valence-corrected chi connectivity index (χ2v) is 4.25. The topological polar surface area (TPSA) is 16.1 Å². The van der Waals surface area contributed by atoms with Gasteiger partial charge >= 0.3 is 6.18 Å². The first-order chi connectivity index (χ1) is 7.71. The van der Waals surface area contributed by atoms with Gasteiger partial charge in [0.2, 0.25) is 0 Å². The molecule has 1 aromatic rings.